The van der Waals surface area contributed by atoms with E-state index in [1.165, 1.54) is 45.1 Å². The molecule has 2 aliphatic rings. The van der Waals surface area contributed by atoms with Crippen LogP contribution in [0.3, 0.4) is 0 Å². The Morgan fingerprint density at radius 2 is 1.88 bits per heavy atom. The Bertz CT molecular complexity index is 217. The van der Waals surface area contributed by atoms with Crippen LogP contribution in [0.4, 0.5) is 0 Å². The van der Waals surface area contributed by atoms with Crippen LogP contribution < -0.4 is 5.32 Å². The summed E-state index contributed by atoms with van der Waals surface area (Å²) in [5.74, 6) is 0.892. The molecule has 0 amide bonds. The smallest absolute Gasteiger partial charge is 0.0113 e. The molecule has 2 rings (SSSR count). The van der Waals surface area contributed by atoms with Gasteiger partial charge in [-0.1, -0.05) is 13.3 Å². The van der Waals surface area contributed by atoms with Gasteiger partial charge < -0.3 is 5.32 Å². The maximum absolute atomic E-state index is 3.47. The molecule has 1 heterocycles. The zero-order valence-electron chi connectivity index (χ0n) is 11.2. The lowest BCUT2D eigenvalue weighted by molar-refractivity contribution is 0.0445. The van der Waals surface area contributed by atoms with Gasteiger partial charge in [0.25, 0.3) is 0 Å². The van der Waals surface area contributed by atoms with Gasteiger partial charge in [0.2, 0.25) is 0 Å². The maximum atomic E-state index is 3.47. The van der Waals surface area contributed by atoms with Crippen molar-refractivity contribution >= 4 is 0 Å². The van der Waals surface area contributed by atoms with Gasteiger partial charge in [-0.3, -0.25) is 4.90 Å². The second-order valence-corrected chi connectivity index (χ2v) is 5.90. The average molecular weight is 224 g/mol. The molecule has 0 spiro atoms. The Morgan fingerprint density at radius 3 is 2.62 bits per heavy atom. The van der Waals surface area contributed by atoms with Crippen LogP contribution in [0, 0.1) is 5.92 Å². The molecule has 1 aliphatic carbocycles. The number of nitrogens with zero attached hydrogens (tertiary/aromatic N) is 1. The van der Waals surface area contributed by atoms with Crippen LogP contribution in [0.15, 0.2) is 0 Å². The summed E-state index contributed by atoms with van der Waals surface area (Å²) in [7, 11) is 2.12. The lowest BCUT2D eigenvalue weighted by Gasteiger charge is -2.45. The predicted molar refractivity (Wildman–Crippen MR) is 69.7 cm³/mol. The van der Waals surface area contributed by atoms with Crippen molar-refractivity contribution in [1.29, 1.82) is 0 Å². The van der Waals surface area contributed by atoms with Crippen LogP contribution in [0.25, 0.3) is 0 Å². The van der Waals surface area contributed by atoms with Gasteiger partial charge in [-0.05, 0) is 58.5 Å². The van der Waals surface area contributed by atoms with Crippen LogP contribution in [-0.2, 0) is 0 Å². The summed E-state index contributed by atoms with van der Waals surface area (Å²) in [6, 6.07) is 2.42. The zero-order valence-corrected chi connectivity index (χ0v) is 11.2. The molecule has 4 unspecified atom stereocenters. The topological polar surface area (TPSA) is 15.3 Å². The summed E-state index contributed by atoms with van der Waals surface area (Å²) in [6.07, 6.45) is 8.42. The molecule has 2 heteroatoms. The van der Waals surface area contributed by atoms with E-state index in [9.17, 15) is 0 Å². The van der Waals surface area contributed by atoms with Crippen LogP contribution in [0.5, 0.6) is 0 Å². The molecular weight excluding hydrogens is 196 g/mol. The summed E-state index contributed by atoms with van der Waals surface area (Å²) in [6.45, 7) is 6.20. The van der Waals surface area contributed by atoms with Crippen molar-refractivity contribution in [3.63, 3.8) is 0 Å². The van der Waals surface area contributed by atoms with Crippen LogP contribution in [-0.4, -0.2) is 36.6 Å². The molecule has 94 valence electrons. The molecule has 16 heavy (non-hydrogen) atoms. The van der Waals surface area contributed by atoms with E-state index in [2.05, 4.69) is 31.1 Å². The van der Waals surface area contributed by atoms with E-state index < -0.39 is 0 Å². The highest BCUT2D eigenvalue weighted by molar-refractivity contribution is 4.89. The fourth-order valence-electron chi connectivity index (χ4n) is 3.61. The number of piperidine rings is 1. The molecule has 0 aromatic rings. The van der Waals surface area contributed by atoms with E-state index >= 15 is 0 Å². The molecule has 0 aromatic heterocycles. The van der Waals surface area contributed by atoms with Crippen LogP contribution in [0.2, 0.25) is 0 Å². The highest BCUT2D eigenvalue weighted by Gasteiger charge is 2.32. The third-order valence-electron chi connectivity index (χ3n) is 4.95. The minimum Gasteiger partial charge on any atom is -0.317 e. The molecule has 4 atom stereocenters. The van der Waals surface area contributed by atoms with Crippen molar-refractivity contribution in [2.24, 2.45) is 5.92 Å². The molecule has 1 aliphatic heterocycles. The summed E-state index contributed by atoms with van der Waals surface area (Å²) in [5.41, 5.74) is 0. The van der Waals surface area contributed by atoms with Crippen molar-refractivity contribution in [3.05, 3.63) is 0 Å². The van der Waals surface area contributed by atoms with E-state index in [1.54, 1.807) is 0 Å². The SMILES string of the molecule is CNC1CCCC(N2CCCC(C)C2C)C1. The molecule has 0 radical (unpaired) electrons. The Balaban J connectivity index is 1.94. The number of likely N-dealkylation sites (tertiary alicyclic amines) is 1. The molecule has 0 aromatic carbocycles. The van der Waals surface area contributed by atoms with Gasteiger partial charge in [0.05, 0.1) is 0 Å². The van der Waals surface area contributed by atoms with Gasteiger partial charge in [-0.25, -0.2) is 0 Å². The molecule has 1 saturated heterocycles. The quantitative estimate of drug-likeness (QED) is 0.776. The first-order valence-corrected chi connectivity index (χ1v) is 7.15. The molecule has 2 nitrogen and oxygen atoms in total. The third-order valence-corrected chi connectivity index (χ3v) is 4.95. The highest BCUT2D eigenvalue weighted by atomic mass is 15.2. The van der Waals surface area contributed by atoms with Gasteiger partial charge in [-0.15, -0.1) is 0 Å². The maximum Gasteiger partial charge on any atom is 0.0113 e. The van der Waals surface area contributed by atoms with Gasteiger partial charge in [0, 0.05) is 18.1 Å². The standard InChI is InChI=1S/C14H28N2/c1-11-6-5-9-16(12(11)2)14-8-4-7-13(10-14)15-3/h11-15H,4-10H2,1-3H3. The molecule has 2 fully saturated rings. The third kappa shape index (κ3) is 2.60. The zero-order chi connectivity index (χ0) is 11.5. The number of hydrogen-bond donors (Lipinski definition) is 1. The lowest BCUT2D eigenvalue weighted by Crippen LogP contribution is -2.51. The average Bonchev–Trinajstić information content (AvgIpc) is 2.33. The van der Waals surface area contributed by atoms with E-state index in [0.717, 1.165) is 24.0 Å². The van der Waals surface area contributed by atoms with Gasteiger partial charge in [0.1, 0.15) is 0 Å². The summed E-state index contributed by atoms with van der Waals surface area (Å²) >= 11 is 0. The Labute approximate surface area is 101 Å². The number of hydrogen-bond acceptors (Lipinski definition) is 2. The Kier molecular flexibility index (Phi) is 4.26. The monoisotopic (exact) mass is 224 g/mol. The molecule has 0 bridgehead atoms. The van der Waals surface area contributed by atoms with Crippen molar-refractivity contribution in [1.82, 2.24) is 10.2 Å². The van der Waals surface area contributed by atoms with Gasteiger partial charge in [0.15, 0.2) is 0 Å². The Morgan fingerprint density at radius 1 is 1.06 bits per heavy atom. The minimum atomic E-state index is 0.767. The van der Waals surface area contributed by atoms with Crippen LogP contribution >= 0.6 is 0 Å². The van der Waals surface area contributed by atoms with Crippen molar-refractivity contribution in [2.45, 2.75) is 70.5 Å². The van der Waals surface area contributed by atoms with E-state index in [1.807, 2.05) is 0 Å². The molecule has 1 saturated carbocycles. The normalized spacial score (nSPS) is 42.2. The summed E-state index contributed by atoms with van der Waals surface area (Å²) in [4.78, 5) is 2.80. The first kappa shape index (κ1) is 12.4. The second-order valence-electron chi connectivity index (χ2n) is 5.90. The molecular formula is C14H28N2. The van der Waals surface area contributed by atoms with Gasteiger partial charge >= 0.3 is 0 Å². The van der Waals surface area contributed by atoms with Crippen molar-refractivity contribution in [3.8, 4) is 0 Å². The lowest BCUT2D eigenvalue weighted by atomic mass is 9.85. The van der Waals surface area contributed by atoms with Crippen molar-refractivity contribution < 1.29 is 0 Å². The summed E-state index contributed by atoms with van der Waals surface area (Å²) < 4.78 is 0. The largest absolute Gasteiger partial charge is 0.317 e. The first-order valence-electron chi connectivity index (χ1n) is 7.15. The molecule has 1 N–H and O–H groups in total. The van der Waals surface area contributed by atoms with Gasteiger partial charge in [-0.2, -0.15) is 0 Å². The Hall–Kier alpha value is -0.0800. The summed E-state index contributed by atoms with van der Waals surface area (Å²) in [5, 5.41) is 3.47. The minimum absolute atomic E-state index is 0.767. The first-order chi connectivity index (χ1) is 7.72. The number of nitrogens with one attached hydrogen (secondary N) is 1. The second kappa shape index (κ2) is 5.50. The van der Waals surface area contributed by atoms with Crippen LogP contribution in [0.1, 0.15) is 52.4 Å². The predicted octanol–water partition coefficient (Wildman–Crippen LogP) is 2.64. The highest BCUT2D eigenvalue weighted by Crippen LogP contribution is 2.30. The fraction of sp³-hybridized carbons (Fsp3) is 1.00. The van der Waals surface area contributed by atoms with E-state index in [-0.39, 0.29) is 0 Å². The van der Waals surface area contributed by atoms with Crippen molar-refractivity contribution in [2.75, 3.05) is 13.6 Å². The number of rotatable bonds is 2. The van der Waals surface area contributed by atoms with E-state index in [0.29, 0.717) is 0 Å². The fourth-order valence-corrected chi connectivity index (χ4v) is 3.61. The van der Waals surface area contributed by atoms with E-state index in [4.69, 9.17) is 0 Å².